The van der Waals surface area contributed by atoms with Crippen LogP contribution in [0.4, 0.5) is 8.78 Å². The summed E-state index contributed by atoms with van der Waals surface area (Å²) in [5, 5.41) is 3.35. The molecule has 2 aliphatic rings. The van der Waals surface area contributed by atoms with Gasteiger partial charge in [0.05, 0.1) is 18.7 Å². The first-order valence-electron chi connectivity index (χ1n) is 8.69. The monoisotopic (exact) mass is 394 g/mol. The van der Waals surface area contributed by atoms with E-state index in [4.69, 9.17) is 4.74 Å². The van der Waals surface area contributed by atoms with Gasteiger partial charge in [-0.05, 0) is 41.8 Å². The Morgan fingerprint density at radius 2 is 1.93 bits per heavy atom. The third kappa shape index (κ3) is 3.51. The third-order valence-corrected chi connectivity index (χ3v) is 5.41. The smallest absolute Gasteiger partial charge is 0.258 e. The predicted molar refractivity (Wildman–Crippen MR) is 100 cm³/mol. The van der Waals surface area contributed by atoms with Crippen LogP contribution in [-0.4, -0.2) is 37.6 Å². The van der Waals surface area contributed by atoms with E-state index in [2.05, 4.69) is 5.32 Å². The van der Waals surface area contributed by atoms with Gasteiger partial charge in [-0.15, -0.1) is 12.4 Å². The number of benzene rings is 2. The molecule has 0 unspecified atom stereocenters. The van der Waals surface area contributed by atoms with Crippen LogP contribution in [0.15, 0.2) is 42.5 Å². The number of halogens is 3. The molecule has 0 saturated carbocycles. The highest BCUT2D eigenvalue weighted by Crippen LogP contribution is 2.44. The molecule has 3 atom stereocenters. The Bertz CT molecular complexity index is 848. The highest BCUT2D eigenvalue weighted by molar-refractivity contribution is 5.97. The molecule has 4 rings (SSSR count). The molecule has 1 N–H and O–H groups in total. The molecule has 4 nitrogen and oxygen atoms in total. The SMILES string of the molecule is COc1ccc(F)cc1C(=O)N1C[C@@H]2CNC[C@@H]2[C@H]1c1cccc(F)c1.Cl. The molecule has 0 radical (unpaired) electrons. The number of rotatable bonds is 3. The van der Waals surface area contributed by atoms with Gasteiger partial charge in [-0.2, -0.15) is 0 Å². The van der Waals surface area contributed by atoms with Crippen molar-refractivity contribution in [2.45, 2.75) is 6.04 Å². The van der Waals surface area contributed by atoms with Crippen molar-refractivity contribution in [3.8, 4) is 5.75 Å². The van der Waals surface area contributed by atoms with Gasteiger partial charge in [-0.1, -0.05) is 12.1 Å². The fourth-order valence-corrected chi connectivity index (χ4v) is 4.25. The second-order valence-corrected chi connectivity index (χ2v) is 6.88. The van der Waals surface area contributed by atoms with Gasteiger partial charge in [0.1, 0.15) is 17.4 Å². The first-order chi connectivity index (χ1) is 12.6. The van der Waals surface area contributed by atoms with E-state index >= 15 is 0 Å². The molecule has 2 heterocycles. The number of amides is 1. The van der Waals surface area contributed by atoms with Gasteiger partial charge in [0.2, 0.25) is 0 Å². The maximum atomic E-state index is 13.8. The van der Waals surface area contributed by atoms with Crippen molar-refractivity contribution in [3.05, 3.63) is 65.2 Å². The van der Waals surface area contributed by atoms with Crippen molar-refractivity contribution in [1.82, 2.24) is 10.2 Å². The van der Waals surface area contributed by atoms with Gasteiger partial charge < -0.3 is 15.0 Å². The Morgan fingerprint density at radius 3 is 2.67 bits per heavy atom. The number of ether oxygens (including phenoxy) is 1. The molecule has 0 aromatic heterocycles. The molecule has 2 aromatic rings. The van der Waals surface area contributed by atoms with Gasteiger partial charge in [-0.3, -0.25) is 4.79 Å². The zero-order valence-corrected chi connectivity index (χ0v) is 15.6. The fraction of sp³-hybridized carbons (Fsp3) is 0.350. The number of carbonyl (C=O) groups excluding carboxylic acids is 1. The minimum Gasteiger partial charge on any atom is -0.496 e. The van der Waals surface area contributed by atoms with E-state index in [1.807, 2.05) is 6.07 Å². The predicted octanol–water partition coefficient (Wildman–Crippen LogP) is 3.43. The largest absolute Gasteiger partial charge is 0.496 e. The van der Waals surface area contributed by atoms with Gasteiger partial charge in [0.15, 0.2) is 0 Å². The maximum absolute atomic E-state index is 13.8. The normalized spacial score (nSPS) is 23.7. The van der Waals surface area contributed by atoms with E-state index in [0.29, 0.717) is 18.2 Å². The Hall–Kier alpha value is -2.18. The zero-order valence-electron chi connectivity index (χ0n) is 14.8. The Balaban J connectivity index is 0.00000210. The van der Waals surface area contributed by atoms with Crippen LogP contribution in [0.1, 0.15) is 22.0 Å². The number of nitrogens with zero attached hydrogens (tertiary/aromatic N) is 1. The number of hydrogen-bond acceptors (Lipinski definition) is 3. The molecule has 2 saturated heterocycles. The Morgan fingerprint density at radius 1 is 1.15 bits per heavy atom. The maximum Gasteiger partial charge on any atom is 0.258 e. The Labute approximate surface area is 162 Å². The van der Waals surface area contributed by atoms with Crippen molar-refractivity contribution in [2.24, 2.45) is 11.8 Å². The lowest BCUT2D eigenvalue weighted by molar-refractivity contribution is 0.0710. The summed E-state index contributed by atoms with van der Waals surface area (Å²) in [6.07, 6.45) is 0. The van der Waals surface area contributed by atoms with Crippen molar-refractivity contribution < 1.29 is 18.3 Å². The zero-order chi connectivity index (χ0) is 18.3. The van der Waals surface area contributed by atoms with Crippen molar-refractivity contribution >= 4 is 18.3 Å². The summed E-state index contributed by atoms with van der Waals surface area (Å²) in [5.74, 6) is -0.258. The van der Waals surface area contributed by atoms with Crippen molar-refractivity contribution in [3.63, 3.8) is 0 Å². The van der Waals surface area contributed by atoms with Crippen LogP contribution in [0.25, 0.3) is 0 Å². The molecular weight excluding hydrogens is 374 g/mol. The number of nitrogens with one attached hydrogen (secondary N) is 1. The molecule has 0 aliphatic carbocycles. The van der Waals surface area contributed by atoms with Gasteiger partial charge in [0.25, 0.3) is 5.91 Å². The van der Waals surface area contributed by atoms with E-state index < -0.39 is 5.82 Å². The minimum absolute atomic E-state index is 0. The first kappa shape index (κ1) is 19.6. The van der Waals surface area contributed by atoms with Crippen molar-refractivity contribution in [2.75, 3.05) is 26.7 Å². The standard InChI is InChI=1S/C20H20F2N2O2.ClH/c1-26-18-6-5-15(22)8-16(18)20(25)24-11-13-9-23-10-17(13)19(24)12-3-2-4-14(21)7-12;/h2-8,13,17,19,23H,9-11H2,1H3;1H/t13-,17-,19+;/m0./s1. The quantitative estimate of drug-likeness (QED) is 0.867. The van der Waals surface area contributed by atoms with Crippen LogP contribution in [0.5, 0.6) is 5.75 Å². The van der Waals surface area contributed by atoms with Crippen LogP contribution in [-0.2, 0) is 0 Å². The number of fused-ring (bicyclic) bond motifs is 1. The summed E-state index contributed by atoms with van der Waals surface area (Å²) in [6.45, 7) is 2.15. The second kappa shape index (κ2) is 7.82. The summed E-state index contributed by atoms with van der Waals surface area (Å²) < 4.78 is 32.8. The highest BCUT2D eigenvalue weighted by atomic mass is 35.5. The lowest BCUT2D eigenvalue weighted by Gasteiger charge is -2.29. The van der Waals surface area contributed by atoms with Gasteiger partial charge in [0, 0.05) is 25.6 Å². The molecule has 7 heteroatoms. The molecule has 144 valence electrons. The number of carbonyl (C=O) groups is 1. The van der Waals surface area contributed by atoms with E-state index in [1.54, 1.807) is 11.0 Å². The lowest BCUT2D eigenvalue weighted by Crippen LogP contribution is -2.35. The Kier molecular flexibility index (Phi) is 5.67. The summed E-state index contributed by atoms with van der Waals surface area (Å²) in [5.41, 5.74) is 0.965. The molecule has 27 heavy (non-hydrogen) atoms. The van der Waals surface area contributed by atoms with E-state index in [-0.39, 0.29) is 41.7 Å². The summed E-state index contributed by atoms with van der Waals surface area (Å²) in [6, 6.07) is 10.1. The van der Waals surface area contributed by atoms with Gasteiger partial charge in [-0.25, -0.2) is 8.78 Å². The number of methoxy groups -OCH3 is 1. The molecule has 2 fully saturated rings. The van der Waals surface area contributed by atoms with Crippen LogP contribution >= 0.6 is 12.4 Å². The highest BCUT2D eigenvalue weighted by Gasteiger charge is 2.47. The molecule has 0 bridgehead atoms. The molecular formula is C20H21ClF2N2O2. The van der Waals surface area contributed by atoms with Crippen LogP contribution in [0.3, 0.4) is 0 Å². The van der Waals surface area contributed by atoms with Gasteiger partial charge >= 0.3 is 0 Å². The third-order valence-electron chi connectivity index (χ3n) is 5.41. The van der Waals surface area contributed by atoms with Crippen LogP contribution < -0.4 is 10.1 Å². The average Bonchev–Trinajstić information content (AvgIpc) is 3.21. The summed E-state index contributed by atoms with van der Waals surface area (Å²) in [4.78, 5) is 15.0. The van der Waals surface area contributed by atoms with Crippen LogP contribution in [0.2, 0.25) is 0 Å². The number of hydrogen-bond donors (Lipinski definition) is 1. The first-order valence-corrected chi connectivity index (χ1v) is 8.69. The summed E-state index contributed by atoms with van der Waals surface area (Å²) >= 11 is 0. The van der Waals surface area contributed by atoms with E-state index in [1.165, 1.54) is 37.4 Å². The fourth-order valence-electron chi connectivity index (χ4n) is 4.25. The van der Waals surface area contributed by atoms with Crippen LogP contribution in [0, 0.1) is 23.5 Å². The molecule has 2 aliphatic heterocycles. The minimum atomic E-state index is -0.488. The topological polar surface area (TPSA) is 41.6 Å². The molecule has 1 amide bonds. The van der Waals surface area contributed by atoms with E-state index in [9.17, 15) is 13.6 Å². The lowest BCUT2D eigenvalue weighted by atomic mass is 9.89. The van der Waals surface area contributed by atoms with Crippen molar-refractivity contribution in [1.29, 1.82) is 0 Å². The molecule has 2 aromatic carbocycles. The second-order valence-electron chi connectivity index (χ2n) is 6.88. The van der Waals surface area contributed by atoms with E-state index in [0.717, 1.165) is 18.7 Å². The molecule has 0 spiro atoms. The average molecular weight is 395 g/mol. The summed E-state index contributed by atoms with van der Waals surface area (Å²) in [7, 11) is 1.46. The number of likely N-dealkylation sites (tertiary alicyclic amines) is 1.